The van der Waals surface area contributed by atoms with Crippen LogP contribution in [0.3, 0.4) is 0 Å². The summed E-state index contributed by atoms with van der Waals surface area (Å²) >= 11 is 0. The summed E-state index contributed by atoms with van der Waals surface area (Å²) in [5.41, 5.74) is -1.66. The Morgan fingerprint density at radius 3 is 2.55 bits per heavy atom. The van der Waals surface area contributed by atoms with Gasteiger partial charge in [-0.3, -0.25) is 0 Å². The molecule has 0 aromatic carbocycles. The van der Waals surface area contributed by atoms with Gasteiger partial charge >= 0.3 is 5.97 Å². The Kier molecular flexibility index (Phi) is 2.47. The second kappa shape index (κ2) is 3.20. The number of carbonyl (C=O) groups is 1. The summed E-state index contributed by atoms with van der Waals surface area (Å²) in [6.07, 6.45) is 2.28. The molecule has 0 aromatic heterocycles. The first kappa shape index (κ1) is 8.50. The van der Waals surface area contributed by atoms with Crippen molar-refractivity contribution in [3.05, 3.63) is 0 Å². The third-order valence-electron chi connectivity index (χ3n) is 2.04. The number of carbonyl (C=O) groups excluding carboxylic acids is 1. The Morgan fingerprint density at radius 2 is 2.09 bits per heavy atom. The predicted molar refractivity (Wildman–Crippen MR) is 38.9 cm³/mol. The van der Waals surface area contributed by atoms with E-state index < -0.39 is 11.6 Å². The van der Waals surface area contributed by atoms with Crippen LogP contribution in [0.4, 0.5) is 4.39 Å². The molecular weight excluding hydrogens is 147 g/mol. The molecule has 1 fully saturated rings. The molecule has 1 rings (SSSR count). The van der Waals surface area contributed by atoms with Crippen molar-refractivity contribution in [3.8, 4) is 0 Å². The lowest BCUT2D eigenvalue weighted by Crippen LogP contribution is -2.32. The minimum atomic E-state index is -1.66. The second-order valence-corrected chi connectivity index (χ2v) is 2.89. The number of esters is 1. The van der Waals surface area contributed by atoms with E-state index in [-0.39, 0.29) is 6.61 Å². The molecule has 0 atom stereocenters. The fourth-order valence-electron chi connectivity index (χ4n) is 1.40. The summed E-state index contributed by atoms with van der Waals surface area (Å²) in [5.74, 6) is -0.669. The van der Waals surface area contributed by atoms with E-state index in [9.17, 15) is 9.18 Å². The van der Waals surface area contributed by atoms with Gasteiger partial charge < -0.3 is 4.74 Å². The highest BCUT2D eigenvalue weighted by molar-refractivity contribution is 5.79. The van der Waals surface area contributed by atoms with Crippen molar-refractivity contribution in [1.29, 1.82) is 0 Å². The van der Waals surface area contributed by atoms with E-state index in [1.165, 1.54) is 0 Å². The SMILES string of the molecule is CCOC(=O)C1(F)CCCC1. The molecule has 0 radical (unpaired) electrons. The highest BCUT2D eigenvalue weighted by Crippen LogP contribution is 2.34. The molecule has 0 unspecified atom stereocenters. The average Bonchev–Trinajstić information content (AvgIpc) is 2.38. The van der Waals surface area contributed by atoms with Crippen molar-refractivity contribution in [2.75, 3.05) is 6.61 Å². The molecule has 0 N–H and O–H groups in total. The van der Waals surface area contributed by atoms with Gasteiger partial charge in [-0.1, -0.05) is 0 Å². The van der Waals surface area contributed by atoms with E-state index >= 15 is 0 Å². The van der Waals surface area contributed by atoms with E-state index in [2.05, 4.69) is 4.74 Å². The van der Waals surface area contributed by atoms with Crippen molar-refractivity contribution < 1.29 is 13.9 Å². The van der Waals surface area contributed by atoms with Crippen LogP contribution in [0.2, 0.25) is 0 Å². The average molecular weight is 160 g/mol. The molecule has 0 saturated heterocycles. The van der Waals surface area contributed by atoms with Gasteiger partial charge in [-0.15, -0.1) is 0 Å². The molecule has 1 aliphatic rings. The van der Waals surface area contributed by atoms with E-state index in [1.54, 1.807) is 6.92 Å². The molecule has 0 amide bonds. The fraction of sp³-hybridized carbons (Fsp3) is 0.875. The minimum absolute atomic E-state index is 0.268. The molecule has 64 valence electrons. The third kappa shape index (κ3) is 1.70. The summed E-state index contributed by atoms with van der Waals surface area (Å²) in [7, 11) is 0. The fourth-order valence-corrected chi connectivity index (χ4v) is 1.40. The van der Waals surface area contributed by atoms with Crippen LogP contribution in [-0.2, 0) is 9.53 Å². The van der Waals surface area contributed by atoms with Crippen molar-refractivity contribution >= 4 is 5.97 Å². The lowest BCUT2D eigenvalue weighted by atomic mass is 10.1. The van der Waals surface area contributed by atoms with E-state index in [0.717, 1.165) is 12.8 Å². The van der Waals surface area contributed by atoms with E-state index in [1.807, 2.05) is 0 Å². The van der Waals surface area contributed by atoms with Crippen LogP contribution in [-0.4, -0.2) is 18.2 Å². The topological polar surface area (TPSA) is 26.3 Å². The zero-order chi connectivity index (χ0) is 8.32. The molecule has 11 heavy (non-hydrogen) atoms. The zero-order valence-corrected chi connectivity index (χ0v) is 6.73. The number of halogens is 1. The van der Waals surface area contributed by atoms with Crippen LogP contribution in [0.25, 0.3) is 0 Å². The Morgan fingerprint density at radius 1 is 1.55 bits per heavy atom. The van der Waals surface area contributed by atoms with Crippen LogP contribution < -0.4 is 0 Å². The molecule has 0 bridgehead atoms. The van der Waals surface area contributed by atoms with Gasteiger partial charge in [0.1, 0.15) is 0 Å². The van der Waals surface area contributed by atoms with Gasteiger partial charge in [-0.05, 0) is 32.6 Å². The first-order valence-corrected chi connectivity index (χ1v) is 4.05. The second-order valence-electron chi connectivity index (χ2n) is 2.89. The van der Waals surface area contributed by atoms with Crippen LogP contribution in [0.5, 0.6) is 0 Å². The molecule has 3 heteroatoms. The van der Waals surface area contributed by atoms with Crippen LogP contribution in [0, 0.1) is 0 Å². The smallest absolute Gasteiger partial charge is 0.343 e. The largest absolute Gasteiger partial charge is 0.464 e. The van der Waals surface area contributed by atoms with Crippen LogP contribution in [0.1, 0.15) is 32.6 Å². The summed E-state index contributed by atoms with van der Waals surface area (Å²) < 4.78 is 18.0. The Bertz CT molecular complexity index is 150. The van der Waals surface area contributed by atoms with E-state index in [4.69, 9.17) is 0 Å². The molecule has 1 aliphatic carbocycles. The number of hydrogen-bond donors (Lipinski definition) is 0. The third-order valence-corrected chi connectivity index (χ3v) is 2.04. The summed E-state index contributed by atoms with van der Waals surface area (Å²) in [6.45, 7) is 1.96. The molecule has 0 aliphatic heterocycles. The maximum Gasteiger partial charge on any atom is 0.343 e. The normalized spacial score (nSPS) is 21.6. The molecule has 1 saturated carbocycles. The van der Waals surface area contributed by atoms with Crippen molar-refractivity contribution in [2.24, 2.45) is 0 Å². The lowest BCUT2D eigenvalue weighted by Gasteiger charge is -2.15. The van der Waals surface area contributed by atoms with Gasteiger partial charge in [-0.2, -0.15) is 0 Å². The number of ether oxygens (including phenoxy) is 1. The van der Waals surface area contributed by atoms with Crippen molar-refractivity contribution in [2.45, 2.75) is 38.3 Å². The van der Waals surface area contributed by atoms with Gasteiger partial charge in [0, 0.05) is 0 Å². The summed E-state index contributed by atoms with van der Waals surface area (Å²) in [6, 6.07) is 0. The van der Waals surface area contributed by atoms with Gasteiger partial charge in [0.2, 0.25) is 5.67 Å². The Hall–Kier alpha value is -0.600. The molecule has 2 nitrogen and oxygen atoms in total. The van der Waals surface area contributed by atoms with Crippen LogP contribution in [0.15, 0.2) is 0 Å². The Labute approximate surface area is 65.7 Å². The first-order chi connectivity index (χ1) is 5.19. The zero-order valence-electron chi connectivity index (χ0n) is 6.73. The molecule has 0 heterocycles. The standard InChI is InChI=1S/C8H13FO2/c1-2-11-7(10)8(9)5-3-4-6-8/h2-6H2,1H3. The number of alkyl halides is 1. The number of hydrogen-bond acceptors (Lipinski definition) is 2. The van der Waals surface area contributed by atoms with E-state index in [0.29, 0.717) is 12.8 Å². The lowest BCUT2D eigenvalue weighted by molar-refractivity contribution is -0.156. The minimum Gasteiger partial charge on any atom is -0.464 e. The van der Waals surface area contributed by atoms with Gasteiger partial charge in [0.15, 0.2) is 0 Å². The predicted octanol–water partition coefficient (Wildman–Crippen LogP) is 1.83. The van der Waals surface area contributed by atoms with Crippen molar-refractivity contribution in [3.63, 3.8) is 0 Å². The summed E-state index contributed by atoms with van der Waals surface area (Å²) in [4.78, 5) is 11.0. The summed E-state index contributed by atoms with van der Waals surface area (Å²) in [5, 5.41) is 0. The first-order valence-electron chi connectivity index (χ1n) is 4.05. The highest BCUT2D eigenvalue weighted by Gasteiger charge is 2.42. The number of rotatable bonds is 2. The quantitative estimate of drug-likeness (QED) is 0.576. The van der Waals surface area contributed by atoms with Crippen LogP contribution >= 0.6 is 0 Å². The molecule has 0 spiro atoms. The monoisotopic (exact) mass is 160 g/mol. The van der Waals surface area contributed by atoms with Gasteiger partial charge in [0.25, 0.3) is 0 Å². The van der Waals surface area contributed by atoms with Gasteiger partial charge in [0.05, 0.1) is 6.61 Å². The maximum absolute atomic E-state index is 13.4. The molecule has 0 aromatic rings. The maximum atomic E-state index is 13.4. The van der Waals surface area contributed by atoms with Crippen molar-refractivity contribution in [1.82, 2.24) is 0 Å². The Balaban J connectivity index is 2.49. The highest BCUT2D eigenvalue weighted by atomic mass is 19.1. The van der Waals surface area contributed by atoms with Gasteiger partial charge in [-0.25, -0.2) is 9.18 Å². The molecular formula is C8H13FO2.